The van der Waals surface area contributed by atoms with Gasteiger partial charge in [-0.2, -0.15) is 0 Å². The molecule has 2 heterocycles. The first kappa shape index (κ1) is 22.1. The van der Waals surface area contributed by atoms with Crippen LogP contribution in [0.25, 0.3) is 0 Å². The molecule has 3 aliphatic rings. The summed E-state index contributed by atoms with van der Waals surface area (Å²) >= 11 is 0. The number of nitrogens with one attached hydrogen (secondary N) is 2. The summed E-state index contributed by atoms with van der Waals surface area (Å²) in [6.07, 6.45) is 3.98. The summed E-state index contributed by atoms with van der Waals surface area (Å²) in [7, 11) is 0. The van der Waals surface area contributed by atoms with Crippen LogP contribution in [0.2, 0.25) is 0 Å². The van der Waals surface area contributed by atoms with E-state index in [4.69, 9.17) is 5.11 Å². The zero-order valence-electron chi connectivity index (χ0n) is 19.0. The molecule has 5 rings (SSSR count). The number of carbonyl (C=O) groups excluding carboxylic acids is 1. The van der Waals surface area contributed by atoms with E-state index in [1.54, 1.807) is 12.1 Å². The van der Waals surface area contributed by atoms with Crippen LogP contribution in [-0.4, -0.2) is 66.1 Å². The van der Waals surface area contributed by atoms with Crippen LogP contribution in [0.4, 0.5) is 5.69 Å². The molecule has 0 spiro atoms. The number of aryl methyl sites for hydroxylation is 1. The molecule has 1 saturated heterocycles. The summed E-state index contributed by atoms with van der Waals surface area (Å²) in [6.45, 7) is 6.80. The monoisotopic (exact) mass is 448 g/mol. The van der Waals surface area contributed by atoms with Crippen molar-refractivity contribution in [1.82, 2.24) is 15.1 Å². The number of carboxylic acids is 1. The molecule has 3 N–H and O–H groups in total. The minimum Gasteiger partial charge on any atom is -0.478 e. The average molecular weight is 449 g/mol. The van der Waals surface area contributed by atoms with Gasteiger partial charge in [0.15, 0.2) is 0 Å². The minimum atomic E-state index is -0.883. The fraction of sp³-hybridized carbons (Fsp3) is 0.462. The van der Waals surface area contributed by atoms with Crippen molar-refractivity contribution >= 4 is 17.6 Å². The number of benzene rings is 2. The molecule has 2 aliphatic heterocycles. The molecule has 174 valence electrons. The Morgan fingerprint density at radius 2 is 1.82 bits per heavy atom. The van der Waals surface area contributed by atoms with E-state index in [2.05, 4.69) is 26.5 Å². The second kappa shape index (κ2) is 9.25. The number of piperazine rings is 1. The van der Waals surface area contributed by atoms with Gasteiger partial charge in [-0.1, -0.05) is 24.3 Å². The number of amides is 1. The van der Waals surface area contributed by atoms with Gasteiger partial charge in [-0.3, -0.25) is 15.0 Å². The van der Waals surface area contributed by atoms with Gasteiger partial charge in [-0.15, -0.1) is 0 Å². The van der Waals surface area contributed by atoms with E-state index in [1.165, 1.54) is 11.1 Å². The van der Waals surface area contributed by atoms with Crippen molar-refractivity contribution in [1.29, 1.82) is 0 Å². The molecule has 0 saturated carbocycles. The van der Waals surface area contributed by atoms with Gasteiger partial charge in [0.25, 0.3) is 0 Å². The Hall–Kier alpha value is -2.74. The highest BCUT2D eigenvalue weighted by molar-refractivity contribution is 6.06. The maximum atomic E-state index is 12.9. The third-order valence-corrected chi connectivity index (χ3v) is 7.36. The molecule has 2 aromatic rings. The van der Waals surface area contributed by atoms with Crippen molar-refractivity contribution in [3.63, 3.8) is 0 Å². The normalized spacial score (nSPS) is 22.7. The number of hydrogen-bond acceptors (Lipinski definition) is 5. The molecule has 1 amide bonds. The van der Waals surface area contributed by atoms with E-state index in [1.807, 2.05) is 24.3 Å². The highest BCUT2D eigenvalue weighted by atomic mass is 16.4. The summed E-state index contributed by atoms with van der Waals surface area (Å²) in [5.41, 5.74) is 4.42. The zero-order chi connectivity index (χ0) is 22.8. The topological polar surface area (TPSA) is 84.9 Å². The summed E-state index contributed by atoms with van der Waals surface area (Å²) in [5.74, 6) is -0.777. The van der Waals surface area contributed by atoms with Crippen LogP contribution in [0.5, 0.6) is 0 Å². The summed E-state index contributed by atoms with van der Waals surface area (Å²) in [4.78, 5) is 28.8. The molecule has 0 radical (unpaired) electrons. The molecular weight excluding hydrogens is 416 g/mol. The maximum Gasteiger partial charge on any atom is 0.335 e. The first-order chi connectivity index (χ1) is 16.0. The fourth-order valence-electron chi connectivity index (χ4n) is 5.59. The Labute approximate surface area is 194 Å². The maximum absolute atomic E-state index is 12.9. The van der Waals surface area contributed by atoms with Crippen LogP contribution in [0.1, 0.15) is 46.3 Å². The van der Waals surface area contributed by atoms with Crippen molar-refractivity contribution in [2.75, 3.05) is 44.6 Å². The number of carbonyl (C=O) groups is 2. The number of anilines is 1. The molecule has 7 nitrogen and oxygen atoms in total. The fourth-order valence-corrected chi connectivity index (χ4v) is 5.59. The molecule has 2 aromatic carbocycles. The van der Waals surface area contributed by atoms with Crippen LogP contribution in [0, 0.1) is 0 Å². The number of carboxylic acid groups (broad SMARTS) is 1. The summed E-state index contributed by atoms with van der Waals surface area (Å²) < 4.78 is 0. The molecule has 1 atom stereocenters. The number of aromatic carboxylic acids is 1. The van der Waals surface area contributed by atoms with Crippen LogP contribution >= 0.6 is 0 Å². The molecule has 1 unspecified atom stereocenters. The number of hydrogen-bond donors (Lipinski definition) is 3. The summed E-state index contributed by atoms with van der Waals surface area (Å²) in [6, 6.07) is 13.4. The summed E-state index contributed by atoms with van der Waals surface area (Å²) in [5, 5.41) is 15.8. The van der Waals surface area contributed by atoms with Gasteiger partial charge in [0.2, 0.25) is 5.91 Å². The van der Waals surface area contributed by atoms with Gasteiger partial charge < -0.3 is 15.3 Å². The van der Waals surface area contributed by atoms with Crippen LogP contribution in [-0.2, 0) is 23.3 Å². The molecule has 0 aromatic heterocycles. The van der Waals surface area contributed by atoms with Gasteiger partial charge in [-0.05, 0) is 68.1 Å². The van der Waals surface area contributed by atoms with Crippen molar-refractivity contribution in [3.05, 3.63) is 64.7 Å². The van der Waals surface area contributed by atoms with E-state index in [-0.39, 0.29) is 5.91 Å². The van der Waals surface area contributed by atoms with Crippen molar-refractivity contribution < 1.29 is 14.7 Å². The average Bonchev–Trinajstić information content (AvgIpc) is 3.11. The van der Waals surface area contributed by atoms with Crippen molar-refractivity contribution in [2.24, 2.45) is 0 Å². The first-order valence-electron chi connectivity index (χ1n) is 12.0. The lowest BCUT2D eigenvalue weighted by Crippen LogP contribution is -2.51. The molecule has 1 fully saturated rings. The van der Waals surface area contributed by atoms with Crippen LogP contribution < -0.4 is 10.6 Å². The quantitative estimate of drug-likeness (QED) is 0.539. The van der Waals surface area contributed by atoms with Gasteiger partial charge in [0.1, 0.15) is 5.54 Å². The lowest BCUT2D eigenvalue weighted by Gasteiger charge is -2.36. The predicted molar refractivity (Wildman–Crippen MR) is 127 cm³/mol. The Balaban J connectivity index is 1.08. The van der Waals surface area contributed by atoms with E-state index in [0.29, 0.717) is 5.56 Å². The molecule has 0 bridgehead atoms. The van der Waals surface area contributed by atoms with Crippen LogP contribution in [0.15, 0.2) is 42.5 Å². The number of rotatable bonds is 8. The first-order valence-corrected chi connectivity index (χ1v) is 12.0. The Morgan fingerprint density at radius 3 is 2.58 bits per heavy atom. The molecule has 33 heavy (non-hydrogen) atoms. The largest absolute Gasteiger partial charge is 0.478 e. The number of nitrogens with zero attached hydrogens (tertiary/aromatic N) is 2. The lowest BCUT2D eigenvalue weighted by atomic mass is 9.77. The van der Waals surface area contributed by atoms with E-state index >= 15 is 0 Å². The third kappa shape index (κ3) is 4.40. The molecular formula is C26H32N4O3. The van der Waals surface area contributed by atoms with Crippen molar-refractivity contribution in [2.45, 2.75) is 37.8 Å². The van der Waals surface area contributed by atoms with E-state index in [9.17, 15) is 9.59 Å². The Morgan fingerprint density at radius 1 is 1.06 bits per heavy atom. The SMILES string of the molecule is O=C(O)c1ccc(CN2CCN(CCCNC34CCCc5cccc(c53)NC4=O)CC2)cc1. The second-order valence-corrected chi connectivity index (χ2v) is 9.45. The minimum absolute atomic E-state index is 0.106. The second-order valence-electron chi connectivity index (χ2n) is 9.45. The van der Waals surface area contributed by atoms with Gasteiger partial charge >= 0.3 is 5.97 Å². The van der Waals surface area contributed by atoms with Gasteiger partial charge in [0.05, 0.1) is 5.56 Å². The smallest absolute Gasteiger partial charge is 0.335 e. The van der Waals surface area contributed by atoms with Crippen molar-refractivity contribution in [3.8, 4) is 0 Å². The van der Waals surface area contributed by atoms with Gasteiger partial charge in [0, 0.05) is 44.0 Å². The van der Waals surface area contributed by atoms with E-state index in [0.717, 1.165) is 82.7 Å². The van der Waals surface area contributed by atoms with Crippen LogP contribution in [0.3, 0.4) is 0 Å². The lowest BCUT2D eigenvalue weighted by molar-refractivity contribution is -0.122. The predicted octanol–water partition coefficient (Wildman–Crippen LogP) is 2.67. The zero-order valence-corrected chi connectivity index (χ0v) is 19.0. The highest BCUT2D eigenvalue weighted by Gasteiger charge is 2.48. The third-order valence-electron chi connectivity index (χ3n) is 7.36. The standard InChI is InChI=1S/C26H32N4O3/c31-24(32)21-9-7-19(8-10-21)18-30-16-14-29(15-17-30)13-3-12-27-26-11-2-5-20-4-1-6-22(23(20)26)28-25(26)33/h1,4,6-10,27H,2-3,5,11-18H2,(H,28,33)(H,31,32). The van der Waals surface area contributed by atoms with Gasteiger partial charge in [-0.25, -0.2) is 4.79 Å². The molecule has 7 heteroatoms. The Bertz CT molecular complexity index is 1030. The Kier molecular flexibility index (Phi) is 6.19. The highest BCUT2D eigenvalue weighted by Crippen LogP contribution is 2.45. The van der Waals surface area contributed by atoms with E-state index < -0.39 is 11.5 Å². The molecule has 1 aliphatic carbocycles.